The van der Waals surface area contributed by atoms with Gasteiger partial charge in [-0.1, -0.05) is 42.5 Å². The van der Waals surface area contributed by atoms with Crippen molar-refractivity contribution in [3.05, 3.63) is 77.5 Å². The number of aliphatic hydroxyl groups is 1. The summed E-state index contributed by atoms with van der Waals surface area (Å²) in [6, 6.07) is 18.9. The Hall–Kier alpha value is -3.49. The molecular formula is C23H26N4O4. The Labute approximate surface area is 180 Å². The molecule has 0 spiro atoms. The van der Waals surface area contributed by atoms with Crippen molar-refractivity contribution in [2.24, 2.45) is 0 Å². The first-order chi connectivity index (χ1) is 15.0. The average molecular weight is 422 g/mol. The number of benzene rings is 2. The van der Waals surface area contributed by atoms with Gasteiger partial charge in [0, 0.05) is 11.8 Å². The summed E-state index contributed by atoms with van der Waals surface area (Å²) in [6.07, 6.45) is 0.823. The predicted molar refractivity (Wildman–Crippen MR) is 118 cm³/mol. The summed E-state index contributed by atoms with van der Waals surface area (Å²) in [4.78, 5) is 24.5. The number of anilines is 2. The lowest BCUT2D eigenvalue weighted by atomic mass is 10.2. The minimum absolute atomic E-state index is 0.129. The zero-order valence-corrected chi connectivity index (χ0v) is 17.4. The van der Waals surface area contributed by atoms with Crippen LogP contribution in [0.3, 0.4) is 0 Å². The minimum Gasteiger partial charge on any atom is -0.394 e. The van der Waals surface area contributed by atoms with E-state index in [2.05, 4.69) is 27.9 Å². The van der Waals surface area contributed by atoms with E-state index in [0.717, 1.165) is 12.0 Å². The van der Waals surface area contributed by atoms with Gasteiger partial charge in [0.2, 0.25) is 0 Å². The highest BCUT2D eigenvalue weighted by Gasteiger charge is 2.17. The van der Waals surface area contributed by atoms with Crippen LogP contribution in [0.1, 0.15) is 16.8 Å². The first kappa shape index (κ1) is 22.2. The maximum Gasteiger partial charge on any atom is 0.315 e. The number of aryl methyl sites for hydroxylation is 1. The fourth-order valence-electron chi connectivity index (χ4n) is 3.04. The Kier molecular flexibility index (Phi) is 7.91. The first-order valence-electron chi connectivity index (χ1n) is 10.0. The van der Waals surface area contributed by atoms with Crippen LogP contribution in [0.5, 0.6) is 0 Å². The van der Waals surface area contributed by atoms with Crippen LogP contribution in [0.15, 0.2) is 60.7 Å². The van der Waals surface area contributed by atoms with Crippen molar-refractivity contribution >= 4 is 23.3 Å². The first-order valence-corrected chi connectivity index (χ1v) is 10.0. The molecule has 2 amide bonds. The lowest BCUT2D eigenvalue weighted by Crippen LogP contribution is -2.30. The second-order valence-corrected chi connectivity index (χ2v) is 7.01. The van der Waals surface area contributed by atoms with Crippen LogP contribution in [0.25, 0.3) is 0 Å². The molecule has 1 aromatic heterocycles. The average Bonchev–Trinajstić information content (AvgIpc) is 3.11. The molecule has 0 unspecified atom stereocenters. The third kappa shape index (κ3) is 6.77. The largest absolute Gasteiger partial charge is 0.394 e. The van der Waals surface area contributed by atoms with E-state index in [1.54, 1.807) is 31.2 Å². The van der Waals surface area contributed by atoms with Crippen molar-refractivity contribution in [2.75, 3.05) is 23.8 Å². The second kappa shape index (κ2) is 11.1. The van der Waals surface area contributed by atoms with Gasteiger partial charge < -0.3 is 20.5 Å². The number of ether oxygens (including phenoxy) is 1. The molecule has 0 radical (unpaired) electrons. The van der Waals surface area contributed by atoms with E-state index in [9.17, 15) is 9.59 Å². The van der Waals surface area contributed by atoms with Crippen LogP contribution in [0.4, 0.5) is 11.5 Å². The van der Waals surface area contributed by atoms with Gasteiger partial charge in [0.25, 0.3) is 0 Å². The summed E-state index contributed by atoms with van der Waals surface area (Å²) >= 11 is 0. The Balaban J connectivity index is 1.50. The number of aliphatic hydroxyl groups excluding tert-OH is 1. The number of hydrogen-bond acceptors (Lipinski definition) is 5. The molecular weight excluding hydrogens is 396 g/mol. The molecule has 162 valence electrons. The third-order valence-corrected chi connectivity index (χ3v) is 4.49. The van der Waals surface area contributed by atoms with Gasteiger partial charge in [-0.15, -0.1) is 0 Å². The van der Waals surface area contributed by atoms with E-state index < -0.39 is 11.8 Å². The monoisotopic (exact) mass is 422 g/mol. The number of hydrogen-bond donors (Lipinski definition) is 3. The van der Waals surface area contributed by atoms with E-state index >= 15 is 0 Å². The summed E-state index contributed by atoms with van der Waals surface area (Å²) in [7, 11) is 0. The fourth-order valence-corrected chi connectivity index (χ4v) is 3.04. The lowest BCUT2D eigenvalue weighted by Gasteiger charge is -2.10. The third-order valence-electron chi connectivity index (χ3n) is 4.49. The zero-order valence-electron chi connectivity index (χ0n) is 17.4. The molecule has 0 saturated carbocycles. The molecule has 3 rings (SSSR count). The van der Waals surface area contributed by atoms with Gasteiger partial charge in [-0.05, 0) is 36.6 Å². The van der Waals surface area contributed by atoms with E-state index in [1.807, 2.05) is 24.3 Å². The van der Waals surface area contributed by atoms with Crippen molar-refractivity contribution in [1.29, 1.82) is 0 Å². The van der Waals surface area contributed by atoms with Crippen molar-refractivity contribution < 1.29 is 19.4 Å². The lowest BCUT2D eigenvalue weighted by molar-refractivity contribution is -0.133. The van der Waals surface area contributed by atoms with Crippen molar-refractivity contribution in [2.45, 2.75) is 26.5 Å². The van der Waals surface area contributed by atoms with E-state index in [4.69, 9.17) is 9.84 Å². The minimum atomic E-state index is -0.816. The number of carbonyl (C=O) groups is 2. The van der Waals surface area contributed by atoms with Crippen molar-refractivity contribution in [1.82, 2.24) is 9.78 Å². The maximum absolute atomic E-state index is 12.3. The smallest absolute Gasteiger partial charge is 0.315 e. The molecule has 31 heavy (non-hydrogen) atoms. The fraction of sp³-hybridized carbons (Fsp3) is 0.261. The number of carbonyl (C=O) groups excluding carboxylic acids is 2. The molecule has 0 bridgehead atoms. The molecule has 0 saturated heterocycles. The van der Waals surface area contributed by atoms with Crippen LogP contribution in [0.2, 0.25) is 0 Å². The number of amides is 2. The summed E-state index contributed by atoms with van der Waals surface area (Å²) in [5.41, 5.74) is 3.28. The number of rotatable bonds is 9. The highest BCUT2D eigenvalue weighted by molar-refractivity contribution is 6.43. The van der Waals surface area contributed by atoms with Crippen LogP contribution >= 0.6 is 0 Å². The molecule has 8 nitrogen and oxygen atoms in total. The normalized spacial score (nSPS) is 10.6. The van der Waals surface area contributed by atoms with Crippen molar-refractivity contribution in [3.63, 3.8) is 0 Å². The number of nitrogens with one attached hydrogen (secondary N) is 2. The van der Waals surface area contributed by atoms with Gasteiger partial charge in [0.05, 0.1) is 32.1 Å². The van der Waals surface area contributed by atoms with Gasteiger partial charge in [0.1, 0.15) is 5.82 Å². The highest BCUT2D eigenvalue weighted by atomic mass is 16.5. The van der Waals surface area contributed by atoms with E-state index in [-0.39, 0.29) is 13.2 Å². The molecule has 1 heterocycles. The van der Waals surface area contributed by atoms with Gasteiger partial charge in [-0.25, -0.2) is 4.68 Å². The van der Waals surface area contributed by atoms with Crippen molar-refractivity contribution in [3.8, 4) is 0 Å². The Morgan fingerprint density at radius 2 is 1.74 bits per heavy atom. The summed E-state index contributed by atoms with van der Waals surface area (Å²) in [5, 5.41) is 18.4. The highest BCUT2D eigenvalue weighted by Crippen LogP contribution is 2.13. The molecule has 2 aromatic carbocycles. The zero-order chi connectivity index (χ0) is 22.1. The van der Waals surface area contributed by atoms with Crippen LogP contribution < -0.4 is 10.6 Å². The van der Waals surface area contributed by atoms with E-state index in [0.29, 0.717) is 30.4 Å². The molecule has 3 aromatic rings. The van der Waals surface area contributed by atoms with Gasteiger partial charge >= 0.3 is 11.8 Å². The summed E-state index contributed by atoms with van der Waals surface area (Å²) in [5.74, 6) is -1.26. The molecule has 0 aliphatic carbocycles. The molecule has 0 aliphatic rings. The van der Waals surface area contributed by atoms with Gasteiger partial charge in [0.15, 0.2) is 0 Å². The molecule has 3 N–H and O–H groups in total. The predicted octanol–water partition coefficient (Wildman–Crippen LogP) is 2.52. The quantitative estimate of drug-likeness (QED) is 0.363. The number of nitrogens with zero attached hydrogens (tertiary/aromatic N) is 2. The maximum atomic E-state index is 12.3. The molecule has 8 heteroatoms. The summed E-state index contributed by atoms with van der Waals surface area (Å²) < 4.78 is 7.16. The topological polar surface area (TPSA) is 105 Å². The summed E-state index contributed by atoms with van der Waals surface area (Å²) in [6.45, 7) is 2.84. The Morgan fingerprint density at radius 3 is 2.52 bits per heavy atom. The van der Waals surface area contributed by atoms with Crippen LogP contribution in [-0.4, -0.2) is 39.9 Å². The number of aromatic nitrogens is 2. The Bertz CT molecular complexity index is 1020. The molecule has 0 aliphatic heterocycles. The SMILES string of the molecule is Cc1cc(NC(=O)C(=O)Nc2cccc(COCCc3ccccc3)c2)n(CCO)n1. The van der Waals surface area contributed by atoms with E-state index in [1.165, 1.54) is 10.2 Å². The standard InChI is InChI=1S/C23H26N4O4/c1-17-14-21(27(26-17)11-12-28)25-23(30)22(29)24-20-9-5-8-19(15-20)16-31-13-10-18-6-3-2-4-7-18/h2-9,14-15,28H,10-13,16H2,1H3,(H,24,29)(H,25,30). The van der Waals surface area contributed by atoms with Crippen LogP contribution in [-0.2, 0) is 33.9 Å². The van der Waals surface area contributed by atoms with Gasteiger partial charge in [-0.2, -0.15) is 5.10 Å². The molecule has 0 fully saturated rings. The van der Waals surface area contributed by atoms with Crippen LogP contribution in [0, 0.1) is 6.92 Å². The second-order valence-electron chi connectivity index (χ2n) is 7.01. The van der Waals surface area contributed by atoms with Gasteiger partial charge in [-0.3, -0.25) is 9.59 Å². The molecule has 0 atom stereocenters. The Morgan fingerprint density at radius 1 is 1.00 bits per heavy atom.